The molecule has 2 rings (SSSR count). The normalized spacial score (nSPS) is 17.6. The molecule has 0 spiro atoms. The van der Waals surface area contributed by atoms with Crippen LogP contribution in [-0.4, -0.2) is 49.1 Å². The van der Waals surface area contributed by atoms with Crippen LogP contribution in [0.5, 0.6) is 0 Å². The number of rotatable bonds is 6. The van der Waals surface area contributed by atoms with Gasteiger partial charge in [-0.2, -0.15) is 0 Å². The summed E-state index contributed by atoms with van der Waals surface area (Å²) in [5.41, 5.74) is 2.69. The number of anilines is 1. The summed E-state index contributed by atoms with van der Waals surface area (Å²) < 4.78 is 0. The van der Waals surface area contributed by atoms with Crippen LogP contribution in [0.3, 0.4) is 0 Å². The molecule has 0 radical (unpaired) electrons. The lowest BCUT2D eigenvalue weighted by Gasteiger charge is -2.30. The molecule has 1 heterocycles. The Hall–Kier alpha value is -1.06. The van der Waals surface area contributed by atoms with Crippen molar-refractivity contribution in [2.75, 3.05) is 38.5 Å². The van der Waals surface area contributed by atoms with Crippen LogP contribution >= 0.6 is 0 Å². The molecule has 1 aliphatic rings. The molecule has 0 aliphatic carbocycles. The average molecular weight is 275 g/mol. The molecule has 1 aromatic carbocycles. The number of hydrogen-bond donors (Lipinski definition) is 1. The largest absolute Gasteiger partial charge is 0.382 e. The van der Waals surface area contributed by atoms with Crippen molar-refractivity contribution in [3.63, 3.8) is 0 Å². The highest BCUT2D eigenvalue weighted by Gasteiger charge is 2.16. The van der Waals surface area contributed by atoms with Gasteiger partial charge in [-0.1, -0.05) is 26.0 Å². The lowest BCUT2D eigenvalue weighted by Crippen LogP contribution is -2.36. The van der Waals surface area contributed by atoms with Crippen molar-refractivity contribution in [3.8, 4) is 0 Å². The maximum atomic E-state index is 3.71. The van der Waals surface area contributed by atoms with E-state index in [1.54, 1.807) is 0 Å². The number of nitrogens with one attached hydrogen (secondary N) is 1. The van der Waals surface area contributed by atoms with Gasteiger partial charge in [0.1, 0.15) is 0 Å². The lowest BCUT2D eigenvalue weighted by atomic mass is 10.0. The first-order valence-corrected chi connectivity index (χ1v) is 7.97. The van der Waals surface area contributed by atoms with E-state index < -0.39 is 0 Å². The predicted octanol–water partition coefficient (Wildman–Crippen LogP) is 3.03. The van der Waals surface area contributed by atoms with Crippen LogP contribution in [0.2, 0.25) is 0 Å². The molecule has 0 aromatic heterocycles. The Bertz CT molecular complexity index is 393. The molecule has 1 N–H and O–H groups in total. The van der Waals surface area contributed by atoms with Crippen molar-refractivity contribution >= 4 is 5.69 Å². The molecule has 0 bridgehead atoms. The maximum Gasteiger partial charge on any atom is 0.0345 e. The van der Waals surface area contributed by atoms with Gasteiger partial charge >= 0.3 is 0 Å². The molecule has 1 aromatic rings. The Kier molecular flexibility index (Phi) is 5.86. The Morgan fingerprint density at radius 2 is 1.90 bits per heavy atom. The van der Waals surface area contributed by atoms with Crippen LogP contribution in [0.1, 0.15) is 32.3 Å². The van der Waals surface area contributed by atoms with E-state index in [0.29, 0.717) is 6.04 Å². The van der Waals surface area contributed by atoms with Gasteiger partial charge in [0.25, 0.3) is 0 Å². The van der Waals surface area contributed by atoms with Crippen molar-refractivity contribution in [3.05, 3.63) is 29.8 Å². The van der Waals surface area contributed by atoms with Gasteiger partial charge in [-0.15, -0.1) is 0 Å². The Morgan fingerprint density at radius 1 is 1.20 bits per heavy atom. The first-order chi connectivity index (χ1) is 9.71. The smallest absolute Gasteiger partial charge is 0.0345 e. The number of benzene rings is 1. The van der Waals surface area contributed by atoms with E-state index >= 15 is 0 Å². The second kappa shape index (κ2) is 7.65. The minimum atomic E-state index is 0.634. The van der Waals surface area contributed by atoms with E-state index in [1.165, 1.54) is 37.2 Å². The Morgan fingerprint density at radius 3 is 2.55 bits per heavy atom. The third-order valence-corrected chi connectivity index (χ3v) is 4.32. The highest BCUT2D eigenvalue weighted by atomic mass is 15.1. The second-order valence-electron chi connectivity index (χ2n) is 5.88. The highest BCUT2D eigenvalue weighted by Crippen LogP contribution is 2.18. The number of likely N-dealkylation sites (tertiary alicyclic amines) is 1. The number of piperidine rings is 1. The van der Waals surface area contributed by atoms with Crippen LogP contribution < -0.4 is 5.32 Å². The minimum Gasteiger partial charge on any atom is -0.382 e. The van der Waals surface area contributed by atoms with Gasteiger partial charge in [0.2, 0.25) is 0 Å². The summed E-state index contributed by atoms with van der Waals surface area (Å²) >= 11 is 0. The van der Waals surface area contributed by atoms with Crippen molar-refractivity contribution in [1.82, 2.24) is 9.80 Å². The second-order valence-corrected chi connectivity index (χ2v) is 5.88. The standard InChI is InChI=1S/C17H29N3/c1-4-20(5-2)14-15-7-6-8-17(13-15)18-16-9-11-19(3)12-10-16/h6-8,13,16,18H,4-5,9-12,14H2,1-3H3. The van der Waals surface area contributed by atoms with Crippen molar-refractivity contribution in [2.45, 2.75) is 39.3 Å². The minimum absolute atomic E-state index is 0.634. The zero-order chi connectivity index (χ0) is 14.4. The molecule has 3 nitrogen and oxygen atoms in total. The van der Waals surface area contributed by atoms with Crippen LogP contribution in [-0.2, 0) is 6.54 Å². The van der Waals surface area contributed by atoms with Crippen molar-refractivity contribution in [1.29, 1.82) is 0 Å². The molecule has 20 heavy (non-hydrogen) atoms. The van der Waals surface area contributed by atoms with Gasteiger partial charge in [0.15, 0.2) is 0 Å². The third-order valence-electron chi connectivity index (χ3n) is 4.32. The summed E-state index contributed by atoms with van der Waals surface area (Å²) in [6.07, 6.45) is 2.49. The molecule has 0 atom stereocenters. The fraction of sp³-hybridized carbons (Fsp3) is 0.647. The molecular weight excluding hydrogens is 246 g/mol. The zero-order valence-electron chi connectivity index (χ0n) is 13.2. The first kappa shape index (κ1) is 15.3. The van der Waals surface area contributed by atoms with E-state index in [2.05, 4.69) is 60.3 Å². The summed E-state index contributed by atoms with van der Waals surface area (Å²) in [5, 5.41) is 3.71. The summed E-state index contributed by atoms with van der Waals surface area (Å²) in [7, 11) is 2.21. The molecular formula is C17H29N3. The molecule has 0 saturated carbocycles. The molecule has 112 valence electrons. The summed E-state index contributed by atoms with van der Waals surface area (Å²) in [5.74, 6) is 0. The van der Waals surface area contributed by atoms with Gasteiger partial charge < -0.3 is 10.2 Å². The van der Waals surface area contributed by atoms with Crippen LogP contribution in [0.15, 0.2) is 24.3 Å². The van der Waals surface area contributed by atoms with Crippen LogP contribution in [0.25, 0.3) is 0 Å². The lowest BCUT2D eigenvalue weighted by molar-refractivity contribution is 0.264. The van der Waals surface area contributed by atoms with Crippen molar-refractivity contribution in [2.24, 2.45) is 0 Å². The third kappa shape index (κ3) is 4.50. The van der Waals surface area contributed by atoms with E-state index in [-0.39, 0.29) is 0 Å². The van der Waals surface area contributed by atoms with Gasteiger partial charge in [0.05, 0.1) is 0 Å². The molecule has 0 unspecified atom stereocenters. The maximum absolute atomic E-state index is 3.71. The van der Waals surface area contributed by atoms with Gasteiger partial charge in [-0.3, -0.25) is 4.90 Å². The van der Waals surface area contributed by atoms with Gasteiger partial charge in [0, 0.05) is 18.3 Å². The summed E-state index contributed by atoms with van der Waals surface area (Å²) in [4.78, 5) is 4.86. The molecule has 1 saturated heterocycles. The fourth-order valence-electron chi connectivity index (χ4n) is 2.85. The van der Waals surface area contributed by atoms with Gasteiger partial charge in [-0.05, 0) is 63.8 Å². The SMILES string of the molecule is CCN(CC)Cc1cccc(NC2CCN(C)CC2)c1. The van der Waals surface area contributed by atoms with Gasteiger partial charge in [-0.25, -0.2) is 0 Å². The Labute approximate surface area is 124 Å². The molecule has 3 heteroatoms. The molecule has 0 amide bonds. The fourth-order valence-corrected chi connectivity index (χ4v) is 2.85. The summed E-state index contributed by atoms with van der Waals surface area (Å²) in [6.45, 7) is 10.1. The number of nitrogens with zero attached hydrogens (tertiary/aromatic N) is 2. The molecule has 1 fully saturated rings. The average Bonchev–Trinajstić information content (AvgIpc) is 2.47. The van der Waals surface area contributed by atoms with Crippen LogP contribution in [0, 0.1) is 0 Å². The quantitative estimate of drug-likeness (QED) is 0.861. The summed E-state index contributed by atoms with van der Waals surface area (Å²) in [6, 6.07) is 9.56. The monoisotopic (exact) mass is 275 g/mol. The van der Waals surface area contributed by atoms with E-state index in [4.69, 9.17) is 0 Å². The highest BCUT2D eigenvalue weighted by molar-refractivity contribution is 5.46. The zero-order valence-corrected chi connectivity index (χ0v) is 13.2. The van der Waals surface area contributed by atoms with E-state index in [0.717, 1.165) is 19.6 Å². The van der Waals surface area contributed by atoms with E-state index in [1.807, 2.05) is 0 Å². The molecule has 1 aliphatic heterocycles. The Balaban J connectivity index is 1.92. The first-order valence-electron chi connectivity index (χ1n) is 7.97. The van der Waals surface area contributed by atoms with E-state index in [9.17, 15) is 0 Å². The topological polar surface area (TPSA) is 18.5 Å². The van der Waals surface area contributed by atoms with Crippen molar-refractivity contribution < 1.29 is 0 Å². The predicted molar refractivity (Wildman–Crippen MR) is 87.2 cm³/mol. The number of hydrogen-bond acceptors (Lipinski definition) is 3. The van der Waals surface area contributed by atoms with Crippen LogP contribution in [0.4, 0.5) is 5.69 Å².